The zero-order chi connectivity index (χ0) is 20.4. The quantitative estimate of drug-likeness (QED) is 0.582. The van der Waals surface area contributed by atoms with E-state index in [4.69, 9.17) is 9.47 Å². The number of aliphatic hydroxyl groups is 1. The lowest BCUT2D eigenvalue weighted by Crippen LogP contribution is -2.60. The van der Waals surface area contributed by atoms with Gasteiger partial charge >= 0.3 is 5.97 Å². The molecule has 5 nitrogen and oxygen atoms in total. The third-order valence-corrected chi connectivity index (χ3v) is 10.4. The van der Waals surface area contributed by atoms with Crippen LogP contribution in [-0.4, -0.2) is 41.3 Å². The molecule has 4 saturated carbocycles. The van der Waals surface area contributed by atoms with Gasteiger partial charge in [-0.3, -0.25) is 9.59 Å². The molecule has 5 heteroatoms. The molecule has 9 atom stereocenters. The predicted molar refractivity (Wildman–Crippen MR) is 105 cm³/mol. The first-order chi connectivity index (χ1) is 13.7. The van der Waals surface area contributed by atoms with E-state index in [1.807, 2.05) is 6.08 Å². The zero-order valence-corrected chi connectivity index (χ0v) is 17.7. The summed E-state index contributed by atoms with van der Waals surface area (Å²) in [6.07, 6.45) is 8.22. The van der Waals surface area contributed by atoms with Crippen LogP contribution in [0.5, 0.6) is 0 Å². The van der Waals surface area contributed by atoms with E-state index in [9.17, 15) is 14.7 Å². The van der Waals surface area contributed by atoms with Crippen LogP contribution in [0.4, 0.5) is 0 Å². The van der Waals surface area contributed by atoms with Gasteiger partial charge in [-0.05, 0) is 68.3 Å². The molecule has 5 aliphatic carbocycles. The van der Waals surface area contributed by atoms with E-state index in [0.29, 0.717) is 36.5 Å². The molecule has 0 amide bonds. The van der Waals surface area contributed by atoms with E-state index in [1.54, 1.807) is 0 Å². The molecule has 1 unspecified atom stereocenters. The first-order valence-corrected chi connectivity index (χ1v) is 11.4. The summed E-state index contributed by atoms with van der Waals surface area (Å²) in [5, 5.41) is 11.7. The van der Waals surface area contributed by atoms with Crippen molar-refractivity contribution in [3.8, 4) is 0 Å². The van der Waals surface area contributed by atoms with Gasteiger partial charge in [-0.1, -0.05) is 19.4 Å². The Kier molecular flexibility index (Phi) is 3.42. The monoisotopic (exact) mass is 400 g/mol. The summed E-state index contributed by atoms with van der Waals surface area (Å²) < 4.78 is 11.5. The maximum Gasteiger partial charge on any atom is 0.305 e. The lowest BCUT2D eigenvalue weighted by Gasteiger charge is -2.56. The molecule has 0 aromatic heterocycles. The molecule has 0 bridgehead atoms. The summed E-state index contributed by atoms with van der Waals surface area (Å²) in [7, 11) is 1.41. The number of ketones is 1. The summed E-state index contributed by atoms with van der Waals surface area (Å²) in [5.41, 5.74) is 0.177. The van der Waals surface area contributed by atoms with Crippen molar-refractivity contribution in [3.05, 3.63) is 11.6 Å². The highest BCUT2D eigenvalue weighted by molar-refractivity contribution is 5.92. The third kappa shape index (κ3) is 2.00. The van der Waals surface area contributed by atoms with Crippen LogP contribution < -0.4 is 0 Å². The fourth-order valence-electron chi connectivity index (χ4n) is 8.75. The topological polar surface area (TPSA) is 76.1 Å². The average molecular weight is 401 g/mol. The van der Waals surface area contributed by atoms with Crippen LogP contribution in [0, 0.1) is 34.5 Å². The first kappa shape index (κ1) is 18.6. The molecule has 1 N–H and O–H groups in total. The molecule has 5 fully saturated rings. The number of methoxy groups -OCH3 is 1. The fraction of sp³-hybridized carbons (Fsp3) is 0.833. The van der Waals surface area contributed by atoms with E-state index in [1.165, 1.54) is 19.1 Å². The Hall–Kier alpha value is -1.20. The number of carbonyl (C=O) groups is 2. The average Bonchev–Trinajstić information content (AvgIpc) is 3.58. The van der Waals surface area contributed by atoms with Crippen LogP contribution in [0.25, 0.3) is 0 Å². The van der Waals surface area contributed by atoms with Crippen LogP contribution in [0.15, 0.2) is 11.6 Å². The second-order valence-electron chi connectivity index (χ2n) is 11.2. The molecule has 6 rings (SSSR count). The van der Waals surface area contributed by atoms with Crippen LogP contribution in [0.2, 0.25) is 0 Å². The van der Waals surface area contributed by atoms with Crippen molar-refractivity contribution in [2.24, 2.45) is 34.5 Å². The van der Waals surface area contributed by atoms with Gasteiger partial charge < -0.3 is 14.6 Å². The smallest absolute Gasteiger partial charge is 0.305 e. The lowest BCUT2D eigenvalue weighted by molar-refractivity contribution is -0.147. The van der Waals surface area contributed by atoms with Crippen molar-refractivity contribution in [1.82, 2.24) is 0 Å². The Labute approximate surface area is 172 Å². The van der Waals surface area contributed by atoms with Gasteiger partial charge in [0.2, 0.25) is 0 Å². The van der Waals surface area contributed by atoms with E-state index in [-0.39, 0.29) is 40.7 Å². The molecular formula is C24H32O5. The number of fused-ring (bicyclic) bond motifs is 6. The Morgan fingerprint density at radius 3 is 2.90 bits per heavy atom. The fourth-order valence-corrected chi connectivity index (χ4v) is 8.75. The largest absolute Gasteiger partial charge is 0.469 e. The molecule has 0 radical (unpaired) electrons. The Balaban J connectivity index is 1.37. The Morgan fingerprint density at radius 1 is 1.34 bits per heavy atom. The summed E-state index contributed by atoms with van der Waals surface area (Å²) >= 11 is 0. The van der Waals surface area contributed by atoms with Crippen molar-refractivity contribution in [1.29, 1.82) is 0 Å². The molecule has 1 heterocycles. The number of epoxide rings is 1. The minimum absolute atomic E-state index is 0.0258. The number of rotatable bonds is 3. The van der Waals surface area contributed by atoms with Gasteiger partial charge in [-0.25, -0.2) is 0 Å². The van der Waals surface area contributed by atoms with Crippen molar-refractivity contribution in [2.75, 3.05) is 7.11 Å². The molecule has 1 aliphatic heterocycles. The number of carbonyl (C=O) groups excluding carboxylic acids is 2. The third-order valence-electron chi connectivity index (χ3n) is 10.4. The van der Waals surface area contributed by atoms with Gasteiger partial charge in [-0.2, -0.15) is 0 Å². The summed E-state index contributed by atoms with van der Waals surface area (Å²) in [6, 6.07) is 0. The molecular weight excluding hydrogens is 368 g/mol. The second-order valence-corrected chi connectivity index (χ2v) is 11.2. The van der Waals surface area contributed by atoms with Gasteiger partial charge in [0.25, 0.3) is 0 Å². The number of hydrogen-bond donors (Lipinski definition) is 1. The molecule has 29 heavy (non-hydrogen) atoms. The number of esters is 1. The van der Waals surface area contributed by atoms with Crippen LogP contribution in [0.3, 0.4) is 0 Å². The van der Waals surface area contributed by atoms with Crippen molar-refractivity contribution >= 4 is 11.8 Å². The van der Waals surface area contributed by atoms with Crippen LogP contribution >= 0.6 is 0 Å². The SMILES string of the molecule is COC(=O)CC[C@]1(O)CC[C@H]2[C@@H]3[C@H]4C[C@H]4C4=CC(=O)CC[C@]4(C)[C@]34OC4C[C@@]21C. The van der Waals surface area contributed by atoms with Gasteiger partial charge in [-0.15, -0.1) is 0 Å². The maximum absolute atomic E-state index is 12.2. The standard InChI is InChI=1S/C24H32O5/c1-21-7-4-13(25)10-17(21)14-11-15(14)20-16-5-8-23(27,9-6-19(26)28-3)22(16,2)12-18-24(20,21)29-18/h10,14-16,18,20,27H,4-9,11-12H2,1-3H3/t14-,15+,16+,18?,20+,21+,22+,23-,24-/m1/s1. The second kappa shape index (κ2) is 5.34. The van der Waals surface area contributed by atoms with Crippen LogP contribution in [0.1, 0.15) is 65.2 Å². The van der Waals surface area contributed by atoms with Crippen molar-refractivity contribution < 1.29 is 24.2 Å². The van der Waals surface area contributed by atoms with E-state index < -0.39 is 5.60 Å². The first-order valence-electron chi connectivity index (χ1n) is 11.4. The van der Waals surface area contributed by atoms with Crippen LogP contribution in [-0.2, 0) is 19.1 Å². The highest BCUT2D eigenvalue weighted by Crippen LogP contribution is 2.82. The number of ether oxygens (including phenoxy) is 2. The summed E-state index contributed by atoms with van der Waals surface area (Å²) in [4.78, 5) is 24.0. The van der Waals surface area contributed by atoms with E-state index in [2.05, 4.69) is 13.8 Å². The summed E-state index contributed by atoms with van der Waals surface area (Å²) in [5.74, 6) is 2.07. The van der Waals surface area contributed by atoms with Gasteiger partial charge in [0.05, 0.1) is 18.8 Å². The van der Waals surface area contributed by atoms with Gasteiger partial charge in [0, 0.05) is 23.7 Å². The zero-order valence-electron chi connectivity index (χ0n) is 17.7. The lowest BCUT2D eigenvalue weighted by atomic mass is 9.46. The normalized spacial score (nSPS) is 56.2. The number of hydrogen-bond acceptors (Lipinski definition) is 5. The Bertz CT molecular complexity index is 848. The minimum atomic E-state index is -0.825. The minimum Gasteiger partial charge on any atom is -0.469 e. The molecule has 0 aromatic carbocycles. The van der Waals surface area contributed by atoms with Gasteiger partial charge in [0.15, 0.2) is 5.78 Å². The highest BCUT2D eigenvalue weighted by Gasteiger charge is 2.84. The van der Waals surface area contributed by atoms with Gasteiger partial charge in [0.1, 0.15) is 5.60 Å². The molecule has 1 spiro atoms. The predicted octanol–water partition coefficient (Wildman–Crippen LogP) is 3.19. The van der Waals surface area contributed by atoms with E-state index >= 15 is 0 Å². The highest BCUT2D eigenvalue weighted by atomic mass is 16.6. The van der Waals surface area contributed by atoms with Crippen molar-refractivity contribution in [2.45, 2.75) is 82.5 Å². The molecule has 6 aliphatic rings. The molecule has 0 aromatic rings. The Morgan fingerprint density at radius 2 is 2.14 bits per heavy atom. The van der Waals surface area contributed by atoms with E-state index in [0.717, 1.165) is 25.7 Å². The molecule has 158 valence electrons. The molecule has 1 saturated heterocycles. The summed E-state index contributed by atoms with van der Waals surface area (Å²) in [6.45, 7) is 4.61. The maximum atomic E-state index is 12.2. The van der Waals surface area contributed by atoms with Crippen molar-refractivity contribution in [3.63, 3.8) is 0 Å².